The maximum Gasteiger partial charge on any atom is 0.259 e. The molecule has 2 atom stereocenters. The Morgan fingerprint density at radius 2 is 1.65 bits per heavy atom. The van der Waals surface area contributed by atoms with Gasteiger partial charge in [0.1, 0.15) is 5.84 Å². The number of anilines is 2. The van der Waals surface area contributed by atoms with Crippen LogP contribution >= 0.6 is 0 Å². The number of amides is 3. The zero-order valence-electron chi connectivity index (χ0n) is 18.6. The number of ether oxygens (including phenoxy) is 1. The summed E-state index contributed by atoms with van der Waals surface area (Å²) >= 11 is 0. The molecule has 10 nitrogen and oxygen atoms in total. The van der Waals surface area contributed by atoms with Crippen LogP contribution in [0, 0.1) is 5.41 Å². The van der Waals surface area contributed by atoms with Crippen LogP contribution in [0.4, 0.5) is 11.4 Å². The van der Waals surface area contributed by atoms with E-state index in [0.29, 0.717) is 22.5 Å². The summed E-state index contributed by atoms with van der Waals surface area (Å²) in [6, 6.07) is 13.0. The molecule has 0 radical (unpaired) electrons. The number of hydrogen-bond acceptors (Lipinski definition) is 6. The number of nitrogens with zero attached hydrogens (tertiary/aromatic N) is 2. The van der Waals surface area contributed by atoms with Gasteiger partial charge in [-0.2, -0.15) is 0 Å². The number of aliphatic hydroxyl groups excluding tert-OH is 1. The Balaban J connectivity index is 1.41. The van der Waals surface area contributed by atoms with Crippen LogP contribution in [0.5, 0.6) is 0 Å². The molecule has 34 heavy (non-hydrogen) atoms. The third-order valence-corrected chi connectivity index (χ3v) is 5.96. The highest BCUT2D eigenvalue weighted by Gasteiger charge is 2.39. The van der Waals surface area contributed by atoms with Gasteiger partial charge in [-0.25, -0.2) is 0 Å². The summed E-state index contributed by atoms with van der Waals surface area (Å²) < 4.78 is 5.44. The summed E-state index contributed by atoms with van der Waals surface area (Å²) in [5.74, 6) is -1.46. The van der Waals surface area contributed by atoms with Crippen LogP contribution in [0.1, 0.15) is 28.8 Å². The van der Waals surface area contributed by atoms with E-state index in [4.69, 9.17) is 15.9 Å². The fourth-order valence-electron chi connectivity index (χ4n) is 4.06. The molecular formula is C24H27N5O5. The normalized spacial score (nSPS) is 19.1. The molecule has 2 heterocycles. The van der Waals surface area contributed by atoms with Crippen molar-refractivity contribution in [2.75, 3.05) is 36.5 Å². The maximum atomic E-state index is 13.0. The van der Waals surface area contributed by atoms with Gasteiger partial charge in [-0.3, -0.25) is 19.8 Å². The molecule has 2 aromatic rings. The number of nitrogen functional groups attached to an aromatic ring is 1. The molecule has 0 aromatic heterocycles. The smallest absolute Gasteiger partial charge is 0.259 e. The number of amidine groups is 1. The highest BCUT2D eigenvalue weighted by atomic mass is 16.5. The number of morpholine rings is 1. The summed E-state index contributed by atoms with van der Waals surface area (Å²) in [6.45, 7) is 1.91. The summed E-state index contributed by atoms with van der Waals surface area (Å²) in [5.41, 5.74) is 7.41. The quantitative estimate of drug-likeness (QED) is 0.368. The lowest BCUT2D eigenvalue weighted by Crippen LogP contribution is -2.55. The molecule has 2 saturated heterocycles. The number of carbonyl (C=O) groups is 3. The first kappa shape index (κ1) is 23.4. The number of aliphatic hydroxyl groups is 1. The van der Waals surface area contributed by atoms with E-state index in [1.807, 2.05) is 4.90 Å². The van der Waals surface area contributed by atoms with E-state index in [1.165, 1.54) is 4.90 Å². The van der Waals surface area contributed by atoms with Crippen LogP contribution in [-0.4, -0.2) is 72.0 Å². The lowest BCUT2D eigenvalue weighted by molar-refractivity contribution is -0.150. The second kappa shape index (κ2) is 10.0. The Hall–Kier alpha value is -3.76. The predicted octanol–water partition coefficient (Wildman–Crippen LogP) is 0.938. The highest BCUT2D eigenvalue weighted by Crippen LogP contribution is 2.23. The number of hydrogen-bond donors (Lipinski definition) is 4. The Morgan fingerprint density at radius 3 is 2.26 bits per heavy atom. The number of carbonyl (C=O) groups excluding carboxylic acids is 3. The van der Waals surface area contributed by atoms with Crippen molar-refractivity contribution >= 4 is 34.9 Å². The number of likely N-dealkylation sites (tertiary alicyclic amines) is 1. The van der Waals surface area contributed by atoms with Gasteiger partial charge in [0.2, 0.25) is 0 Å². The zero-order valence-corrected chi connectivity index (χ0v) is 18.6. The van der Waals surface area contributed by atoms with Gasteiger partial charge in [-0.15, -0.1) is 0 Å². The summed E-state index contributed by atoms with van der Waals surface area (Å²) in [5, 5.41) is 20.5. The number of nitrogens with one attached hydrogen (secondary N) is 2. The van der Waals surface area contributed by atoms with Gasteiger partial charge in [-0.1, -0.05) is 0 Å². The Morgan fingerprint density at radius 1 is 1.03 bits per heavy atom. The highest BCUT2D eigenvalue weighted by molar-refractivity contribution is 6.04. The third kappa shape index (κ3) is 4.92. The lowest BCUT2D eigenvalue weighted by Gasteiger charge is -2.34. The van der Waals surface area contributed by atoms with Gasteiger partial charge in [0.05, 0.1) is 6.61 Å². The van der Waals surface area contributed by atoms with Crippen molar-refractivity contribution in [3.8, 4) is 0 Å². The van der Waals surface area contributed by atoms with Gasteiger partial charge < -0.3 is 30.7 Å². The van der Waals surface area contributed by atoms with E-state index in [2.05, 4.69) is 5.32 Å². The van der Waals surface area contributed by atoms with E-state index in [1.54, 1.807) is 48.5 Å². The summed E-state index contributed by atoms with van der Waals surface area (Å²) in [4.78, 5) is 41.4. The van der Waals surface area contributed by atoms with Gasteiger partial charge in [-0.05, 0) is 61.4 Å². The molecule has 0 aliphatic carbocycles. The van der Waals surface area contributed by atoms with Crippen molar-refractivity contribution in [3.63, 3.8) is 0 Å². The molecule has 0 bridgehead atoms. The Labute approximate surface area is 196 Å². The molecule has 2 aromatic carbocycles. The van der Waals surface area contributed by atoms with Crippen molar-refractivity contribution in [3.05, 3.63) is 59.7 Å². The van der Waals surface area contributed by atoms with Gasteiger partial charge in [0.15, 0.2) is 12.2 Å². The molecule has 2 aliphatic rings. The first-order chi connectivity index (χ1) is 16.3. The third-order valence-electron chi connectivity index (χ3n) is 5.96. The first-order valence-corrected chi connectivity index (χ1v) is 11.1. The van der Waals surface area contributed by atoms with Crippen LogP contribution in [0.3, 0.4) is 0 Å². The Kier molecular flexibility index (Phi) is 6.90. The molecular weight excluding hydrogens is 438 g/mol. The van der Waals surface area contributed by atoms with E-state index in [0.717, 1.165) is 25.9 Å². The van der Waals surface area contributed by atoms with Crippen molar-refractivity contribution in [2.45, 2.75) is 25.0 Å². The molecule has 178 valence electrons. The SMILES string of the molecule is N=C(N)c1ccc(NC(=O)[C@H](O)[C@H]2OCCN(c3ccc(C(=O)N4CCCC4)cc3)C2=O)cc1. The van der Waals surface area contributed by atoms with Crippen molar-refractivity contribution in [1.82, 2.24) is 4.90 Å². The Bertz CT molecular complexity index is 1080. The van der Waals surface area contributed by atoms with Gasteiger partial charge >= 0.3 is 0 Å². The van der Waals surface area contributed by atoms with Crippen LogP contribution in [0.2, 0.25) is 0 Å². The maximum absolute atomic E-state index is 13.0. The fraction of sp³-hybridized carbons (Fsp3) is 0.333. The minimum Gasteiger partial charge on any atom is -0.384 e. The molecule has 5 N–H and O–H groups in total. The van der Waals surface area contributed by atoms with Crippen molar-refractivity contribution in [2.24, 2.45) is 5.73 Å². The largest absolute Gasteiger partial charge is 0.384 e. The minimum atomic E-state index is -1.72. The topological polar surface area (TPSA) is 149 Å². The second-order valence-electron chi connectivity index (χ2n) is 8.25. The summed E-state index contributed by atoms with van der Waals surface area (Å²) in [7, 11) is 0. The number of benzene rings is 2. The van der Waals surface area contributed by atoms with Crippen LogP contribution in [-0.2, 0) is 14.3 Å². The minimum absolute atomic E-state index is 0.0290. The van der Waals surface area contributed by atoms with E-state index >= 15 is 0 Å². The molecule has 2 aliphatic heterocycles. The number of nitrogens with two attached hydrogens (primary N) is 1. The fourth-order valence-corrected chi connectivity index (χ4v) is 4.06. The van der Waals surface area contributed by atoms with Crippen LogP contribution < -0.4 is 16.0 Å². The van der Waals surface area contributed by atoms with Gasteiger partial charge in [0.25, 0.3) is 17.7 Å². The molecule has 0 saturated carbocycles. The van der Waals surface area contributed by atoms with Crippen LogP contribution in [0.15, 0.2) is 48.5 Å². The zero-order chi connectivity index (χ0) is 24.2. The van der Waals surface area contributed by atoms with Gasteiger partial charge in [0, 0.05) is 42.1 Å². The summed E-state index contributed by atoms with van der Waals surface area (Å²) in [6.07, 6.45) is -1.07. The predicted molar refractivity (Wildman–Crippen MR) is 126 cm³/mol. The molecule has 10 heteroatoms. The first-order valence-electron chi connectivity index (χ1n) is 11.1. The average molecular weight is 466 g/mol. The average Bonchev–Trinajstić information content (AvgIpc) is 3.39. The molecule has 0 unspecified atom stereocenters. The van der Waals surface area contributed by atoms with E-state index in [9.17, 15) is 19.5 Å². The lowest BCUT2D eigenvalue weighted by atomic mass is 10.1. The molecule has 4 rings (SSSR count). The monoisotopic (exact) mass is 465 g/mol. The molecule has 3 amide bonds. The number of rotatable bonds is 6. The van der Waals surface area contributed by atoms with Crippen molar-refractivity contribution in [1.29, 1.82) is 5.41 Å². The van der Waals surface area contributed by atoms with E-state index < -0.39 is 24.0 Å². The van der Waals surface area contributed by atoms with Crippen molar-refractivity contribution < 1.29 is 24.2 Å². The molecule has 0 spiro atoms. The van der Waals surface area contributed by atoms with Crippen LogP contribution in [0.25, 0.3) is 0 Å². The van der Waals surface area contributed by atoms with E-state index in [-0.39, 0.29) is 24.9 Å². The molecule has 2 fully saturated rings. The standard InChI is InChI=1S/C24H27N5O5/c25-21(26)15-3-7-17(8-4-15)27-22(31)19(30)20-24(33)29(13-14-34-20)18-9-5-16(6-10-18)23(32)28-11-1-2-12-28/h3-10,19-20,30H,1-2,11-14H2,(H3,25,26)(H,27,31)/t19-,20-/m1/s1. The second-order valence-corrected chi connectivity index (χ2v) is 8.25.